The SMILES string of the molecule is Fc1ccc(-c2nnc(CN3CCCc4ccccc43)o2)cc1. The number of rotatable bonds is 3. The van der Waals surface area contributed by atoms with E-state index in [9.17, 15) is 4.39 Å². The third-order valence-electron chi connectivity index (χ3n) is 4.09. The molecule has 0 bridgehead atoms. The van der Waals surface area contributed by atoms with E-state index < -0.39 is 0 Å². The number of aryl methyl sites for hydroxylation is 1. The molecular weight excluding hydrogens is 293 g/mol. The van der Waals surface area contributed by atoms with Crippen molar-refractivity contribution >= 4 is 5.69 Å². The summed E-state index contributed by atoms with van der Waals surface area (Å²) >= 11 is 0. The van der Waals surface area contributed by atoms with Gasteiger partial charge in [0.15, 0.2) is 0 Å². The van der Waals surface area contributed by atoms with Crippen LogP contribution in [0.3, 0.4) is 0 Å². The lowest BCUT2D eigenvalue weighted by Gasteiger charge is -2.29. The van der Waals surface area contributed by atoms with Gasteiger partial charge in [-0.2, -0.15) is 0 Å². The maximum atomic E-state index is 13.0. The lowest BCUT2D eigenvalue weighted by atomic mass is 10.0. The van der Waals surface area contributed by atoms with Gasteiger partial charge in [0.05, 0.1) is 6.54 Å². The molecule has 4 nitrogen and oxygen atoms in total. The lowest BCUT2D eigenvalue weighted by molar-refractivity contribution is 0.493. The predicted octanol–water partition coefficient (Wildman–Crippen LogP) is 3.83. The number of benzene rings is 2. The number of nitrogens with zero attached hydrogens (tertiary/aromatic N) is 3. The van der Waals surface area contributed by atoms with Gasteiger partial charge >= 0.3 is 0 Å². The second-order valence-electron chi connectivity index (χ2n) is 5.66. The Kier molecular flexibility index (Phi) is 3.54. The number of para-hydroxylation sites is 1. The molecule has 0 aliphatic carbocycles. The van der Waals surface area contributed by atoms with Crippen LogP contribution in [0.25, 0.3) is 11.5 Å². The molecule has 4 rings (SSSR count). The fourth-order valence-corrected chi connectivity index (χ4v) is 2.97. The molecule has 0 saturated carbocycles. The second-order valence-corrected chi connectivity index (χ2v) is 5.66. The number of hydrogen-bond donors (Lipinski definition) is 0. The number of halogens is 1. The normalized spacial score (nSPS) is 13.9. The van der Waals surface area contributed by atoms with Gasteiger partial charge in [-0.3, -0.25) is 0 Å². The van der Waals surface area contributed by atoms with Gasteiger partial charge < -0.3 is 9.32 Å². The van der Waals surface area contributed by atoms with E-state index in [1.165, 1.54) is 23.4 Å². The van der Waals surface area contributed by atoms with Crippen molar-refractivity contribution in [2.75, 3.05) is 11.4 Å². The Morgan fingerprint density at radius 1 is 1.04 bits per heavy atom. The minimum absolute atomic E-state index is 0.279. The maximum Gasteiger partial charge on any atom is 0.247 e. The Bertz CT molecular complexity index is 813. The number of fused-ring (bicyclic) bond motifs is 1. The molecule has 2 aromatic carbocycles. The summed E-state index contributed by atoms with van der Waals surface area (Å²) in [6.45, 7) is 1.57. The third kappa shape index (κ3) is 2.82. The van der Waals surface area contributed by atoms with Gasteiger partial charge in [-0.25, -0.2) is 4.39 Å². The van der Waals surface area contributed by atoms with E-state index in [0.717, 1.165) is 24.9 Å². The van der Waals surface area contributed by atoms with Crippen LogP contribution in [0.4, 0.5) is 10.1 Å². The molecule has 0 spiro atoms. The van der Waals surface area contributed by atoms with Gasteiger partial charge in [-0.05, 0) is 48.7 Å². The largest absolute Gasteiger partial charge is 0.419 e. The summed E-state index contributed by atoms with van der Waals surface area (Å²) < 4.78 is 18.7. The van der Waals surface area contributed by atoms with Crippen molar-refractivity contribution in [3.63, 3.8) is 0 Å². The van der Waals surface area contributed by atoms with Crippen molar-refractivity contribution in [1.82, 2.24) is 10.2 Å². The molecule has 23 heavy (non-hydrogen) atoms. The van der Waals surface area contributed by atoms with Crippen LogP contribution in [0.15, 0.2) is 52.9 Å². The Hall–Kier alpha value is -2.69. The zero-order chi connectivity index (χ0) is 15.6. The van der Waals surface area contributed by atoms with E-state index in [-0.39, 0.29) is 5.82 Å². The second kappa shape index (κ2) is 5.83. The van der Waals surface area contributed by atoms with Crippen LogP contribution in [0.1, 0.15) is 17.9 Å². The van der Waals surface area contributed by atoms with Gasteiger partial charge in [0.1, 0.15) is 5.82 Å². The molecule has 116 valence electrons. The highest BCUT2D eigenvalue weighted by Crippen LogP contribution is 2.28. The Morgan fingerprint density at radius 2 is 1.87 bits per heavy atom. The monoisotopic (exact) mass is 309 g/mol. The summed E-state index contributed by atoms with van der Waals surface area (Å²) in [5.41, 5.74) is 3.32. The Morgan fingerprint density at radius 3 is 2.74 bits per heavy atom. The van der Waals surface area contributed by atoms with Crippen molar-refractivity contribution in [1.29, 1.82) is 0 Å². The molecule has 0 N–H and O–H groups in total. The van der Waals surface area contributed by atoms with E-state index >= 15 is 0 Å². The van der Waals surface area contributed by atoms with Crippen LogP contribution in [0, 0.1) is 5.82 Å². The fourth-order valence-electron chi connectivity index (χ4n) is 2.97. The summed E-state index contributed by atoms with van der Waals surface area (Å²) in [5, 5.41) is 8.20. The molecule has 1 aliphatic rings. The zero-order valence-corrected chi connectivity index (χ0v) is 12.6. The minimum Gasteiger partial charge on any atom is -0.419 e. The van der Waals surface area contributed by atoms with Crippen LogP contribution in [0.2, 0.25) is 0 Å². The van der Waals surface area contributed by atoms with Gasteiger partial charge in [0, 0.05) is 17.8 Å². The van der Waals surface area contributed by atoms with E-state index in [2.05, 4.69) is 39.4 Å². The fraction of sp³-hybridized carbons (Fsp3) is 0.222. The number of hydrogen-bond acceptors (Lipinski definition) is 4. The molecular formula is C18H16FN3O. The van der Waals surface area contributed by atoms with Crippen molar-refractivity contribution in [2.45, 2.75) is 19.4 Å². The smallest absolute Gasteiger partial charge is 0.247 e. The van der Waals surface area contributed by atoms with Crippen LogP contribution in [-0.4, -0.2) is 16.7 Å². The standard InChI is InChI=1S/C18H16FN3O/c19-15-9-7-14(8-10-15)18-21-20-17(23-18)12-22-11-3-5-13-4-1-2-6-16(13)22/h1-2,4,6-10H,3,5,11-12H2. The molecule has 0 atom stereocenters. The summed E-state index contributed by atoms with van der Waals surface area (Å²) in [5.74, 6) is 0.713. The Labute approximate surface area is 133 Å². The molecule has 3 aromatic rings. The van der Waals surface area contributed by atoms with Crippen LogP contribution in [0.5, 0.6) is 0 Å². The van der Waals surface area contributed by atoms with Gasteiger partial charge in [0.2, 0.25) is 11.8 Å². The molecule has 2 heterocycles. The van der Waals surface area contributed by atoms with Gasteiger partial charge in [-0.1, -0.05) is 18.2 Å². The number of anilines is 1. The minimum atomic E-state index is -0.279. The van der Waals surface area contributed by atoms with E-state index in [1.807, 2.05) is 0 Å². The summed E-state index contributed by atoms with van der Waals surface area (Å²) in [6.07, 6.45) is 2.23. The summed E-state index contributed by atoms with van der Waals surface area (Å²) in [4.78, 5) is 2.26. The molecule has 0 unspecified atom stereocenters. The summed E-state index contributed by atoms with van der Waals surface area (Å²) in [6, 6.07) is 14.5. The topological polar surface area (TPSA) is 42.2 Å². The maximum absolute atomic E-state index is 13.0. The number of aromatic nitrogens is 2. The Balaban J connectivity index is 1.56. The van der Waals surface area contributed by atoms with Crippen molar-refractivity contribution in [3.05, 3.63) is 65.8 Å². The van der Waals surface area contributed by atoms with Crippen molar-refractivity contribution in [2.24, 2.45) is 0 Å². The molecule has 0 amide bonds. The first kappa shape index (κ1) is 13.9. The first-order chi connectivity index (χ1) is 11.3. The molecule has 1 aromatic heterocycles. The lowest BCUT2D eigenvalue weighted by Crippen LogP contribution is -2.28. The zero-order valence-electron chi connectivity index (χ0n) is 12.6. The molecule has 5 heteroatoms. The third-order valence-corrected chi connectivity index (χ3v) is 4.09. The van der Waals surface area contributed by atoms with Gasteiger partial charge in [-0.15, -0.1) is 10.2 Å². The molecule has 0 radical (unpaired) electrons. The highest BCUT2D eigenvalue weighted by molar-refractivity contribution is 5.55. The van der Waals surface area contributed by atoms with E-state index in [1.54, 1.807) is 12.1 Å². The van der Waals surface area contributed by atoms with E-state index in [4.69, 9.17) is 4.42 Å². The highest BCUT2D eigenvalue weighted by Gasteiger charge is 2.19. The summed E-state index contributed by atoms with van der Waals surface area (Å²) in [7, 11) is 0. The quantitative estimate of drug-likeness (QED) is 0.737. The molecule has 0 saturated heterocycles. The predicted molar refractivity (Wildman–Crippen MR) is 85.5 cm³/mol. The molecule has 1 aliphatic heterocycles. The van der Waals surface area contributed by atoms with Crippen LogP contribution >= 0.6 is 0 Å². The van der Waals surface area contributed by atoms with Gasteiger partial charge in [0.25, 0.3) is 0 Å². The average Bonchev–Trinajstić information content (AvgIpc) is 3.04. The first-order valence-corrected chi connectivity index (χ1v) is 7.71. The van der Waals surface area contributed by atoms with E-state index in [0.29, 0.717) is 18.3 Å². The average molecular weight is 309 g/mol. The van der Waals surface area contributed by atoms with Crippen LogP contribution < -0.4 is 4.90 Å². The molecule has 0 fully saturated rings. The highest BCUT2D eigenvalue weighted by atomic mass is 19.1. The van der Waals surface area contributed by atoms with Crippen molar-refractivity contribution in [3.8, 4) is 11.5 Å². The van der Waals surface area contributed by atoms with Crippen molar-refractivity contribution < 1.29 is 8.81 Å². The van der Waals surface area contributed by atoms with Crippen LogP contribution in [-0.2, 0) is 13.0 Å². The first-order valence-electron chi connectivity index (χ1n) is 7.71.